The minimum Gasteiger partial charge on any atom is -0.264 e. The Labute approximate surface area is 145 Å². The van der Waals surface area contributed by atoms with Crippen molar-refractivity contribution in [3.05, 3.63) is 78.2 Å². The summed E-state index contributed by atoms with van der Waals surface area (Å²) in [6.07, 6.45) is 3.51. The van der Waals surface area contributed by atoms with E-state index >= 15 is 0 Å². The molecule has 0 N–H and O–H groups in total. The van der Waals surface area contributed by atoms with Gasteiger partial charge in [-0.3, -0.25) is 4.98 Å². The molecule has 118 valence electrons. The van der Waals surface area contributed by atoms with E-state index in [9.17, 15) is 0 Å². The lowest BCUT2D eigenvalue weighted by Crippen LogP contribution is -1.95. The lowest BCUT2D eigenvalue weighted by molar-refractivity contribution is 1.15. The van der Waals surface area contributed by atoms with E-state index in [-0.39, 0.29) is 0 Å². The van der Waals surface area contributed by atoms with Gasteiger partial charge in [-0.05, 0) is 54.4 Å². The van der Waals surface area contributed by atoms with Gasteiger partial charge in [0.2, 0.25) is 0 Å². The molecule has 2 aromatic heterocycles. The average Bonchev–Trinajstić information content (AvgIpc) is 2.68. The number of hydrogen-bond acceptors (Lipinski definition) is 4. The molecule has 0 fully saturated rings. The predicted octanol–water partition coefficient (Wildman–Crippen LogP) is 4.54. The van der Waals surface area contributed by atoms with Crippen molar-refractivity contribution in [2.24, 2.45) is 0 Å². The summed E-state index contributed by atoms with van der Waals surface area (Å²) in [4.78, 5) is 13.4. The zero-order valence-corrected chi connectivity index (χ0v) is 13.6. The van der Waals surface area contributed by atoms with Crippen LogP contribution in [0.1, 0.15) is 11.3 Å². The Balaban J connectivity index is 1.81. The quantitative estimate of drug-likeness (QED) is 0.543. The molecule has 4 heteroatoms. The normalized spacial score (nSPS) is 10.6. The summed E-state index contributed by atoms with van der Waals surface area (Å²) in [7, 11) is 0. The molecule has 0 amide bonds. The zero-order valence-electron chi connectivity index (χ0n) is 13.6. The van der Waals surface area contributed by atoms with Crippen LogP contribution in [0.5, 0.6) is 0 Å². The second-order valence-electron chi connectivity index (χ2n) is 5.80. The smallest absolute Gasteiger partial charge is 0.161 e. The highest BCUT2D eigenvalue weighted by Gasteiger charge is 2.08. The molecule has 2 heterocycles. The maximum absolute atomic E-state index is 8.93. The van der Waals surface area contributed by atoms with Gasteiger partial charge in [0, 0.05) is 29.0 Å². The van der Waals surface area contributed by atoms with Gasteiger partial charge in [0.15, 0.2) is 5.82 Å². The first-order chi connectivity index (χ1) is 12.2. The summed E-state index contributed by atoms with van der Waals surface area (Å²) in [6.45, 7) is 1.99. The number of nitrogens with zero attached hydrogens (tertiary/aromatic N) is 4. The maximum atomic E-state index is 8.93. The van der Waals surface area contributed by atoms with E-state index in [0.29, 0.717) is 11.4 Å². The van der Waals surface area contributed by atoms with Gasteiger partial charge in [0.25, 0.3) is 0 Å². The monoisotopic (exact) mass is 322 g/mol. The molecular weight excluding hydrogens is 308 g/mol. The largest absolute Gasteiger partial charge is 0.264 e. The van der Waals surface area contributed by atoms with Crippen molar-refractivity contribution in [2.45, 2.75) is 6.92 Å². The Kier molecular flexibility index (Phi) is 3.68. The Bertz CT molecular complexity index is 1090. The van der Waals surface area contributed by atoms with Gasteiger partial charge in [-0.1, -0.05) is 18.2 Å². The number of pyridine rings is 1. The Hall–Kier alpha value is -3.58. The van der Waals surface area contributed by atoms with Crippen molar-refractivity contribution >= 4 is 10.9 Å². The van der Waals surface area contributed by atoms with Crippen LogP contribution in [-0.4, -0.2) is 15.0 Å². The predicted molar refractivity (Wildman–Crippen MR) is 97.7 cm³/mol. The minimum absolute atomic E-state index is 0.658. The first-order valence-corrected chi connectivity index (χ1v) is 7.94. The van der Waals surface area contributed by atoms with Crippen molar-refractivity contribution in [1.29, 1.82) is 5.26 Å². The molecule has 4 aromatic rings. The fourth-order valence-electron chi connectivity index (χ4n) is 2.82. The van der Waals surface area contributed by atoms with Crippen LogP contribution in [0, 0.1) is 18.3 Å². The van der Waals surface area contributed by atoms with E-state index in [4.69, 9.17) is 5.26 Å². The molecule has 0 spiro atoms. The van der Waals surface area contributed by atoms with Crippen molar-refractivity contribution in [2.75, 3.05) is 0 Å². The van der Waals surface area contributed by atoms with Crippen LogP contribution in [-0.2, 0) is 0 Å². The highest BCUT2D eigenvalue weighted by atomic mass is 14.9. The third-order valence-corrected chi connectivity index (χ3v) is 4.15. The Morgan fingerprint density at radius 1 is 0.880 bits per heavy atom. The molecule has 0 bridgehead atoms. The van der Waals surface area contributed by atoms with Crippen molar-refractivity contribution < 1.29 is 0 Å². The third-order valence-electron chi connectivity index (χ3n) is 4.15. The molecule has 2 aromatic carbocycles. The number of benzene rings is 2. The van der Waals surface area contributed by atoms with E-state index in [1.54, 1.807) is 12.4 Å². The highest BCUT2D eigenvalue weighted by Crippen LogP contribution is 2.27. The second kappa shape index (κ2) is 6.14. The fraction of sp³-hybridized carbons (Fsp3) is 0.0476. The third kappa shape index (κ3) is 2.84. The van der Waals surface area contributed by atoms with E-state index in [2.05, 4.69) is 27.1 Å². The summed E-state index contributed by atoms with van der Waals surface area (Å²) in [6, 6.07) is 19.7. The first-order valence-electron chi connectivity index (χ1n) is 7.94. The van der Waals surface area contributed by atoms with Gasteiger partial charge in [0.05, 0.1) is 17.1 Å². The molecule has 0 saturated heterocycles. The molecular formula is C21H14N4. The van der Waals surface area contributed by atoms with Crippen LogP contribution in [0.15, 0.2) is 67.0 Å². The zero-order chi connectivity index (χ0) is 17.2. The molecule has 0 aliphatic heterocycles. The minimum atomic E-state index is 0.658. The van der Waals surface area contributed by atoms with E-state index < -0.39 is 0 Å². The number of hydrogen-bond donors (Lipinski definition) is 0. The molecule has 0 aliphatic carbocycles. The number of fused-ring (bicyclic) bond motifs is 1. The number of aryl methyl sites for hydroxylation is 1. The molecule has 0 saturated carbocycles. The standard InChI is InChI=1S/C21H14N4/c1-14-19-11-17(16-6-4-15(12-22)5-7-16)8-9-20(19)25-21(24-14)18-3-2-10-23-13-18/h2-11,13H,1H3. The van der Waals surface area contributed by atoms with E-state index in [1.165, 1.54) is 0 Å². The number of rotatable bonds is 2. The Morgan fingerprint density at radius 3 is 2.40 bits per heavy atom. The van der Waals surface area contributed by atoms with Gasteiger partial charge in [-0.2, -0.15) is 5.26 Å². The SMILES string of the molecule is Cc1nc(-c2cccnc2)nc2ccc(-c3ccc(C#N)cc3)cc12. The molecule has 0 aliphatic rings. The topological polar surface area (TPSA) is 62.5 Å². The molecule has 4 nitrogen and oxygen atoms in total. The van der Waals surface area contributed by atoms with Gasteiger partial charge in [0.1, 0.15) is 0 Å². The van der Waals surface area contributed by atoms with Gasteiger partial charge in [-0.15, -0.1) is 0 Å². The number of nitriles is 1. The van der Waals surface area contributed by atoms with E-state index in [1.807, 2.05) is 55.5 Å². The molecule has 0 atom stereocenters. The van der Waals surface area contributed by atoms with Gasteiger partial charge < -0.3 is 0 Å². The van der Waals surface area contributed by atoms with Crippen LogP contribution in [0.4, 0.5) is 0 Å². The summed E-state index contributed by atoms with van der Waals surface area (Å²) >= 11 is 0. The summed E-state index contributed by atoms with van der Waals surface area (Å²) < 4.78 is 0. The van der Waals surface area contributed by atoms with Crippen LogP contribution in [0.25, 0.3) is 33.4 Å². The summed E-state index contributed by atoms with van der Waals surface area (Å²) in [5.74, 6) is 0.684. The van der Waals surface area contributed by atoms with Crippen LogP contribution in [0.3, 0.4) is 0 Å². The van der Waals surface area contributed by atoms with Crippen molar-refractivity contribution in [3.8, 4) is 28.6 Å². The molecule has 25 heavy (non-hydrogen) atoms. The van der Waals surface area contributed by atoms with E-state index in [0.717, 1.165) is 33.3 Å². The molecule has 0 unspecified atom stereocenters. The maximum Gasteiger partial charge on any atom is 0.161 e. The van der Waals surface area contributed by atoms with Crippen molar-refractivity contribution in [3.63, 3.8) is 0 Å². The lowest BCUT2D eigenvalue weighted by atomic mass is 10.0. The molecule has 4 rings (SSSR count). The molecule has 0 radical (unpaired) electrons. The summed E-state index contributed by atoms with van der Waals surface area (Å²) in [5.41, 5.74) is 5.55. The second-order valence-corrected chi connectivity index (χ2v) is 5.80. The lowest BCUT2D eigenvalue weighted by Gasteiger charge is -2.08. The number of aromatic nitrogens is 3. The van der Waals surface area contributed by atoms with Gasteiger partial charge in [-0.25, -0.2) is 9.97 Å². The summed E-state index contributed by atoms with van der Waals surface area (Å²) in [5, 5.41) is 9.95. The average molecular weight is 322 g/mol. The van der Waals surface area contributed by atoms with Crippen LogP contribution in [0.2, 0.25) is 0 Å². The Morgan fingerprint density at radius 2 is 1.68 bits per heavy atom. The first kappa shape index (κ1) is 15.0. The highest BCUT2D eigenvalue weighted by molar-refractivity contribution is 5.87. The van der Waals surface area contributed by atoms with Crippen LogP contribution >= 0.6 is 0 Å². The van der Waals surface area contributed by atoms with Crippen molar-refractivity contribution in [1.82, 2.24) is 15.0 Å². The fourth-order valence-corrected chi connectivity index (χ4v) is 2.82. The van der Waals surface area contributed by atoms with Crippen LogP contribution < -0.4 is 0 Å². The van der Waals surface area contributed by atoms with Gasteiger partial charge >= 0.3 is 0 Å².